The molecule has 1 aromatic heterocycles. The van der Waals surface area contributed by atoms with E-state index in [4.69, 9.17) is 0 Å². The van der Waals surface area contributed by atoms with Gasteiger partial charge >= 0.3 is 0 Å². The number of benzene rings is 1. The molecule has 4 nitrogen and oxygen atoms in total. The number of likely N-dealkylation sites (tertiary alicyclic amines) is 1. The van der Waals surface area contributed by atoms with Crippen molar-refractivity contribution >= 4 is 5.91 Å². The number of carbonyl (C=O) groups excluding carboxylic acids is 1. The molecular weight excluding hydrogens is 324 g/mol. The van der Waals surface area contributed by atoms with Gasteiger partial charge in [0.15, 0.2) is 0 Å². The van der Waals surface area contributed by atoms with Gasteiger partial charge in [0.25, 0.3) is 11.5 Å². The summed E-state index contributed by atoms with van der Waals surface area (Å²) in [4.78, 5) is 26.5. The third-order valence-corrected chi connectivity index (χ3v) is 5.23. The molecule has 0 saturated carbocycles. The van der Waals surface area contributed by atoms with Gasteiger partial charge in [-0.15, -0.1) is 0 Å². The predicted octanol–water partition coefficient (Wildman–Crippen LogP) is 3.60. The van der Waals surface area contributed by atoms with Crippen LogP contribution in [-0.4, -0.2) is 28.5 Å². The highest BCUT2D eigenvalue weighted by atomic mass is 16.2. The van der Waals surface area contributed by atoms with E-state index in [2.05, 4.69) is 26.0 Å². The smallest absolute Gasteiger partial charge is 0.253 e. The number of pyridine rings is 1. The number of hydrogen-bond acceptors (Lipinski definition) is 2. The summed E-state index contributed by atoms with van der Waals surface area (Å²) in [5.74, 6) is 1.09. The Balaban J connectivity index is 1.61. The van der Waals surface area contributed by atoms with Crippen LogP contribution >= 0.6 is 0 Å². The van der Waals surface area contributed by atoms with Crippen LogP contribution < -0.4 is 5.56 Å². The maximum absolute atomic E-state index is 12.7. The van der Waals surface area contributed by atoms with Crippen molar-refractivity contribution < 1.29 is 4.79 Å². The molecule has 1 fully saturated rings. The minimum atomic E-state index is 0.0301. The van der Waals surface area contributed by atoms with E-state index in [1.165, 1.54) is 5.56 Å². The zero-order chi connectivity index (χ0) is 18.7. The Morgan fingerprint density at radius 3 is 2.35 bits per heavy atom. The van der Waals surface area contributed by atoms with Crippen LogP contribution in [0.25, 0.3) is 0 Å². The SMILES string of the molecule is CC(C)Cc1ccc(C(=O)N2CCC(c3ccn(C)c(=O)c3)CC2)cc1. The summed E-state index contributed by atoms with van der Waals surface area (Å²) in [6.45, 7) is 5.89. The molecule has 2 heterocycles. The van der Waals surface area contributed by atoms with E-state index >= 15 is 0 Å². The molecule has 2 aromatic rings. The molecule has 1 amide bonds. The third-order valence-electron chi connectivity index (χ3n) is 5.23. The third kappa shape index (κ3) is 4.24. The van der Waals surface area contributed by atoms with Crippen molar-refractivity contribution in [3.8, 4) is 0 Å². The van der Waals surface area contributed by atoms with Crippen molar-refractivity contribution in [2.45, 2.75) is 39.0 Å². The van der Waals surface area contributed by atoms with Crippen LogP contribution in [0.4, 0.5) is 0 Å². The second-order valence-corrected chi connectivity index (χ2v) is 7.77. The second kappa shape index (κ2) is 7.90. The lowest BCUT2D eigenvalue weighted by molar-refractivity contribution is 0.0713. The lowest BCUT2D eigenvalue weighted by Gasteiger charge is -2.32. The van der Waals surface area contributed by atoms with Crippen molar-refractivity contribution in [3.63, 3.8) is 0 Å². The van der Waals surface area contributed by atoms with E-state index in [0.717, 1.165) is 43.5 Å². The molecular formula is C22H28N2O2. The highest BCUT2D eigenvalue weighted by molar-refractivity contribution is 5.94. The standard InChI is InChI=1S/C22H28N2O2/c1-16(2)14-17-4-6-19(7-5-17)22(26)24-12-9-18(10-13-24)20-8-11-23(3)21(25)15-20/h4-8,11,15-16,18H,9-10,12-14H2,1-3H3. The Kier molecular flexibility index (Phi) is 5.60. The van der Waals surface area contributed by atoms with E-state index in [9.17, 15) is 9.59 Å². The van der Waals surface area contributed by atoms with Crippen LogP contribution in [0.3, 0.4) is 0 Å². The molecule has 1 aliphatic heterocycles. The molecule has 4 heteroatoms. The van der Waals surface area contributed by atoms with Gasteiger partial charge in [-0.05, 0) is 60.4 Å². The van der Waals surface area contributed by atoms with Crippen molar-refractivity contribution in [1.82, 2.24) is 9.47 Å². The highest BCUT2D eigenvalue weighted by Gasteiger charge is 2.24. The largest absolute Gasteiger partial charge is 0.339 e. The summed E-state index contributed by atoms with van der Waals surface area (Å²) in [7, 11) is 1.76. The fourth-order valence-corrected chi connectivity index (χ4v) is 3.67. The fourth-order valence-electron chi connectivity index (χ4n) is 3.67. The molecule has 0 unspecified atom stereocenters. The summed E-state index contributed by atoms with van der Waals surface area (Å²) < 4.78 is 1.59. The molecule has 0 atom stereocenters. The number of aromatic nitrogens is 1. The van der Waals surface area contributed by atoms with Gasteiger partial charge in [0, 0.05) is 38.0 Å². The van der Waals surface area contributed by atoms with Gasteiger partial charge in [-0.2, -0.15) is 0 Å². The van der Waals surface area contributed by atoms with Crippen molar-refractivity contribution in [3.05, 3.63) is 69.6 Å². The van der Waals surface area contributed by atoms with Gasteiger partial charge in [-0.25, -0.2) is 0 Å². The molecule has 1 aromatic carbocycles. The minimum Gasteiger partial charge on any atom is -0.339 e. The van der Waals surface area contributed by atoms with Gasteiger partial charge in [-0.3, -0.25) is 9.59 Å². The lowest BCUT2D eigenvalue weighted by Crippen LogP contribution is -2.38. The fraction of sp³-hybridized carbons (Fsp3) is 0.455. The molecule has 0 aliphatic carbocycles. The average Bonchev–Trinajstić information content (AvgIpc) is 2.64. The predicted molar refractivity (Wildman–Crippen MR) is 105 cm³/mol. The Morgan fingerprint density at radius 1 is 1.12 bits per heavy atom. The number of hydrogen-bond donors (Lipinski definition) is 0. The topological polar surface area (TPSA) is 42.3 Å². The first-order valence-electron chi connectivity index (χ1n) is 9.49. The van der Waals surface area contributed by atoms with Crippen LogP contribution in [0.2, 0.25) is 0 Å². The first kappa shape index (κ1) is 18.4. The van der Waals surface area contributed by atoms with E-state index in [1.54, 1.807) is 17.7 Å². The van der Waals surface area contributed by atoms with E-state index in [1.807, 2.05) is 29.3 Å². The number of piperidine rings is 1. The van der Waals surface area contributed by atoms with Gasteiger partial charge in [0.1, 0.15) is 0 Å². The Hall–Kier alpha value is -2.36. The lowest BCUT2D eigenvalue weighted by atomic mass is 9.89. The van der Waals surface area contributed by atoms with Gasteiger partial charge < -0.3 is 9.47 Å². The van der Waals surface area contributed by atoms with Gasteiger partial charge in [0.05, 0.1) is 0 Å². The number of rotatable bonds is 4. The molecule has 26 heavy (non-hydrogen) atoms. The van der Waals surface area contributed by atoms with Crippen LogP contribution in [0.5, 0.6) is 0 Å². The molecule has 0 bridgehead atoms. The van der Waals surface area contributed by atoms with Crippen molar-refractivity contribution in [1.29, 1.82) is 0 Å². The van der Waals surface area contributed by atoms with Crippen molar-refractivity contribution in [2.75, 3.05) is 13.1 Å². The summed E-state index contributed by atoms with van der Waals surface area (Å²) in [5.41, 5.74) is 3.17. The minimum absolute atomic E-state index is 0.0301. The zero-order valence-corrected chi connectivity index (χ0v) is 15.9. The normalized spacial score (nSPS) is 15.5. The quantitative estimate of drug-likeness (QED) is 0.844. The van der Waals surface area contributed by atoms with Crippen LogP contribution in [0.1, 0.15) is 54.1 Å². The molecule has 0 N–H and O–H groups in total. The average molecular weight is 352 g/mol. The maximum Gasteiger partial charge on any atom is 0.253 e. The van der Waals surface area contributed by atoms with E-state index < -0.39 is 0 Å². The maximum atomic E-state index is 12.7. The Morgan fingerprint density at radius 2 is 1.77 bits per heavy atom. The monoisotopic (exact) mass is 352 g/mol. The van der Waals surface area contributed by atoms with E-state index in [-0.39, 0.29) is 11.5 Å². The Bertz CT molecular complexity index is 813. The molecule has 1 aliphatic rings. The van der Waals surface area contributed by atoms with Crippen LogP contribution in [0.15, 0.2) is 47.4 Å². The first-order chi connectivity index (χ1) is 12.4. The van der Waals surface area contributed by atoms with Gasteiger partial charge in [0.2, 0.25) is 0 Å². The number of nitrogens with zero attached hydrogens (tertiary/aromatic N) is 2. The summed E-state index contributed by atoms with van der Waals surface area (Å²) in [5, 5.41) is 0. The van der Waals surface area contributed by atoms with Gasteiger partial charge in [-0.1, -0.05) is 26.0 Å². The molecule has 138 valence electrons. The second-order valence-electron chi connectivity index (χ2n) is 7.77. The van der Waals surface area contributed by atoms with Crippen molar-refractivity contribution in [2.24, 2.45) is 13.0 Å². The molecule has 3 rings (SSSR count). The summed E-state index contributed by atoms with van der Waals surface area (Å²) >= 11 is 0. The number of amides is 1. The molecule has 0 radical (unpaired) electrons. The zero-order valence-electron chi connectivity index (χ0n) is 15.9. The Labute approximate surface area is 155 Å². The molecule has 1 saturated heterocycles. The van der Waals surface area contributed by atoms with Crippen LogP contribution in [-0.2, 0) is 13.5 Å². The summed E-state index contributed by atoms with van der Waals surface area (Å²) in [6, 6.07) is 11.8. The number of carbonyl (C=O) groups is 1. The van der Waals surface area contributed by atoms with Crippen LogP contribution in [0, 0.1) is 5.92 Å². The molecule has 0 spiro atoms. The highest BCUT2D eigenvalue weighted by Crippen LogP contribution is 2.27. The number of aryl methyl sites for hydroxylation is 1. The van der Waals surface area contributed by atoms with E-state index in [0.29, 0.717) is 11.8 Å². The first-order valence-corrected chi connectivity index (χ1v) is 9.49. The summed E-state index contributed by atoms with van der Waals surface area (Å²) in [6.07, 6.45) is 4.68.